The Morgan fingerprint density at radius 1 is 0.969 bits per heavy atom. The maximum absolute atomic E-state index is 12.9. The number of nitrogens with zero attached hydrogens (tertiary/aromatic N) is 2. The number of carbonyl (C=O) groups is 3. The van der Waals surface area contributed by atoms with Gasteiger partial charge in [0, 0.05) is 5.56 Å². The molecule has 0 saturated heterocycles. The lowest BCUT2D eigenvalue weighted by Gasteiger charge is -2.09. The first-order valence-electron chi connectivity index (χ1n) is 9.29. The van der Waals surface area contributed by atoms with Crippen molar-refractivity contribution < 1.29 is 32.3 Å². The number of esters is 1. The molecule has 3 rings (SSSR count). The van der Waals surface area contributed by atoms with E-state index < -0.39 is 23.5 Å². The molecular weight excluding hydrogens is 425 g/mol. The molecule has 9 heteroatoms. The van der Waals surface area contributed by atoms with Crippen LogP contribution in [0, 0.1) is 0 Å². The van der Waals surface area contributed by atoms with Gasteiger partial charge in [0.25, 0.3) is 0 Å². The van der Waals surface area contributed by atoms with Crippen molar-refractivity contribution in [3.05, 3.63) is 83.6 Å². The maximum Gasteiger partial charge on any atom is 0.416 e. The van der Waals surface area contributed by atoms with Gasteiger partial charge >= 0.3 is 12.1 Å². The largest absolute Gasteiger partial charge is 0.465 e. The Morgan fingerprint density at radius 3 is 2.12 bits per heavy atom. The van der Waals surface area contributed by atoms with Crippen LogP contribution in [0.4, 0.5) is 13.2 Å². The lowest BCUT2D eigenvalue weighted by molar-refractivity contribution is -0.137. The predicted octanol–water partition coefficient (Wildman–Crippen LogP) is 4.67. The fourth-order valence-electron chi connectivity index (χ4n) is 2.86. The highest BCUT2D eigenvalue weighted by Gasteiger charge is 2.30. The van der Waals surface area contributed by atoms with Gasteiger partial charge in [-0.2, -0.15) is 18.3 Å². The molecule has 0 N–H and O–H groups in total. The fraction of sp³-hybridized carbons (Fsp3) is 0.130. The average molecular weight is 442 g/mol. The minimum Gasteiger partial charge on any atom is -0.465 e. The van der Waals surface area contributed by atoms with Crippen LogP contribution in [-0.2, 0) is 15.7 Å². The van der Waals surface area contributed by atoms with E-state index in [0.29, 0.717) is 16.8 Å². The molecule has 3 aromatic rings. The molecule has 0 fully saturated rings. The summed E-state index contributed by atoms with van der Waals surface area (Å²) in [6.07, 6.45) is -2.33. The standard InChI is InChI=1S/C23H17F3N2O4/c1-14(29)3-12-21(30)20-13-19(15-4-6-16(7-5-15)22(31)32-2)27-28(20)18-10-8-17(9-11-18)23(24,25)26/h3-13H,1-2H3. The summed E-state index contributed by atoms with van der Waals surface area (Å²) in [4.78, 5) is 35.5. The Balaban J connectivity index is 2.07. The Labute approximate surface area is 180 Å². The van der Waals surface area contributed by atoms with Crippen molar-refractivity contribution in [2.24, 2.45) is 0 Å². The first kappa shape index (κ1) is 22.7. The number of allylic oxidation sites excluding steroid dienone is 2. The molecule has 6 nitrogen and oxygen atoms in total. The normalized spacial score (nSPS) is 11.5. The van der Waals surface area contributed by atoms with Crippen molar-refractivity contribution in [2.45, 2.75) is 13.1 Å². The van der Waals surface area contributed by atoms with Gasteiger partial charge in [0.1, 0.15) is 5.69 Å². The number of rotatable bonds is 6. The predicted molar refractivity (Wildman–Crippen MR) is 109 cm³/mol. The van der Waals surface area contributed by atoms with Crippen LogP contribution in [0.5, 0.6) is 0 Å². The van der Waals surface area contributed by atoms with Crippen LogP contribution >= 0.6 is 0 Å². The van der Waals surface area contributed by atoms with Gasteiger partial charge in [-0.25, -0.2) is 9.48 Å². The molecule has 0 amide bonds. The third-order valence-corrected chi connectivity index (χ3v) is 4.47. The van der Waals surface area contributed by atoms with E-state index in [0.717, 1.165) is 24.3 Å². The molecule has 0 spiro atoms. The quantitative estimate of drug-likeness (QED) is 0.315. The van der Waals surface area contributed by atoms with Gasteiger partial charge in [0.05, 0.1) is 29.6 Å². The number of carbonyl (C=O) groups excluding carboxylic acids is 3. The zero-order valence-electron chi connectivity index (χ0n) is 17.0. The zero-order valence-corrected chi connectivity index (χ0v) is 17.0. The van der Waals surface area contributed by atoms with E-state index in [2.05, 4.69) is 9.84 Å². The monoisotopic (exact) mass is 442 g/mol. The minimum absolute atomic E-state index is 0.0503. The number of aromatic nitrogens is 2. The van der Waals surface area contributed by atoms with Crippen LogP contribution in [0.25, 0.3) is 16.9 Å². The Morgan fingerprint density at radius 2 is 1.59 bits per heavy atom. The molecule has 0 bridgehead atoms. The summed E-state index contributed by atoms with van der Waals surface area (Å²) in [6, 6.07) is 11.9. The molecule has 0 atom stereocenters. The molecule has 0 aliphatic carbocycles. The van der Waals surface area contributed by atoms with Gasteiger partial charge in [-0.1, -0.05) is 12.1 Å². The highest BCUT2D eigenvalue weighted by molar-refractivity contribution is 6.07. The number of methoxy groups -OCH3 is 1. The highest BCUT2D eigenvalue weighted by atomic mass is 19.4. The minimum atomic E-state index is -4.50. The van der Waals surface area contributed by atoms with E-state index in [-0.39, 0.29) is 17.2 Å². The lowest BCUT2D eigenvalue weighted by atomic mass is 10.1. The van der Waals surface area contributed by atoms with E-state index in [1.807, 2.05) is 0 Å². The van der Waals surface area contributed by atoms with Crippen LogP contribution < -0.4 is 0 Å². The van der Waals surface area contributed by atoms with Gasteiger partial charge < -0.3 is 4.74 Å². The summed E-state index contributed by atoms with van der Waals surface area (Å²) < 4.78 is 44.5. The van der Waals surface area contributed by atoms with E-state index in [9.17, 15) is 27.6 Å². The van der Waals surface area contributed by atoms with Crippen molar-refractivity contribution in [3.63, 3.8) is 0 Å². The van der Waals surface area contributed by atoms with Crippen molar-refractivity contribution in [2.75, 3.05) is 7.11 Å². The fourth-order valence-corrected chi connectivity index (χ4v) is 2.86. The van der Waals surface area contributed by atoms with Crippen molar-refractivity contribution in [1.82, 2.24) is 9.78 Å². The van der Waals surface area contributed by atoms with Crippen LogP contribution in [0.2, 0.25) is 0 Å². The van der Waals surface area contributed by atoms with Crippen molar-refractivity contribution in [3.8, 4) is 16.9 Å². The van der Waals surface area contributed by atoms with Gasteiger partial charge in [-0.05, 0) is 61.5 Å². The number of hydrogen-bond donors (Lipinski definition) is 0. The van der Waals surface area contributed by atoms with Crippen LogP contribution in [0.15, 0.2) is 66.7 Å². The first-order valence-corrected chi connectivity index (χ1v) is 9.29. The molecule has 0 radical (unpaired) electrons. The summed E-state index contributed by atoms with van der Waals surface area (Å²) >= 11 is 0. The summed E-state index contributed by atoms with van der Waals surface area (Å²) in [6.45, 7) is 1.28. The van der Waals surface area contributed by atoms with E-state index in [1.54, 1.807) is 12.1 Å². The molecule has 2 aromatic carbocycles. The van der Waals surface area contributed by atoms with Crippen LogP contribution in [-0.4, -0.2) is 34.4 Å². The summed E-state index contributed by atoms with van der Waals surface area (Å²) in [7, 11) is 1.26. The third kappa shape index (κ3) is 5.00. The molecule has 32 heavy (non-hydrogen) atoms. The lowest BCUT2D eigenvalue weighted by Crippen LogP contribution is -2.09. The Kier molecular flexibility index (Phi) is 6.38. The second-order valence-corrected chi connectivity index (χ2v) is 6.75. The molecule has 0 saturated carbocycles. The second-order valence-electron chi connectivity index (χ2n) is 6.75. The number of benzene rings is 2. The van der Waals surface area contributed by atoms with Crippen molar-refractivity contribution >= 4 is 17.5 Å². The second kappa shape index (κ2) is 9.01. The van der Waals surface area contributed by atoms with Crippen LogP contribution in [0.1, 0.15) is 33.3 Å². The third-order valence-electron chi connectivity index (χ3n) is 4.47. The van der Waals surface area contributed by atoms with Gasteiger partial charge in [-0.15, -0.1) is 0 Å². The summed E-state index contributed by atoms with van der Waals surface area (Å²) in [5.41, 5.74) is 0.675. The van der Waals surface area contributed by atoms with Crippen LogP contribution in [0.3, 0.4) is 0 Å². The average Bonchev–Trinajstić information content (AvgIpc) is 3.22. The molecule has 1 aromatic heterocycles. The van der Waals surface area contributed by atoms with Gasteiger partial charge in [-0.3, -0.25) is 9.59 Å². The smallest absolute Gasteiger partial charge is 0.416 e. The van der Waals surface area contributed by atoms with E-state index in [4.69, 9.17) is 0 Å². The molecule has 1 heterocycles. The number of alkyl halides is 3. The van der Waals surface area contributed by atoms with E-state index in [1.165, 1.54) is 49.0 Å². The van der Waals surface area contributed by atoms with Gasteiger partial charge in [0.15, 0.2) is 5.78 Å². The number of halogens is 3. The number of hydrogen-bond acceptors (Lipinski definition) is 5. The topological polar surface area (TPSA) is 78.3 Å². The number of ketones is 2. The summed E-state index contributed by atoms with van der Waals surface area (Å²) in [5, 5.41) is 4.36. The summed E-state index contributed by atoms with van der Waals surface area (Å²) in [5.74, 6) is -1.40. The van der Waals surface area contributed by atoms with E-state index >= 15 is 0 Å². The highest BCUT2D eigenvalue weighted by Crippen LogP contribution is 2.30. The SMILES string of the molecule is COC(=O)c1ccc(-c2cc(C(=O)C=CC(C)=O)n(-c3ccc(C(F)(F)F)cc3)n2)cc1. The molecule has 164 valence electrons. The number of ether oxygens (including phenoxy) is 1. The Bertz CT molecular complexity index is 1190. The van der Waals surface area contributed by atoms with Gasteiger partial charge in [0.2, 0.25) is 5.78 Å². The molecule has 0 aliphatic rings. The maximum atomic E-state index is 12.9. The molecular formula is C23H17F3N2O4. The van der Waals surface area contributed by atoms with Crippen molar-refractivity contribution in [1.29, 1.82) is 0 Å². The molecule has 0 aliphatic heterocycles. The molecule has 0 unspecified atom stereocenters. The zero-order chi connectivity index (χ0) is 23.5. The first-order chi connectivity index (χ1) is 15.1. The Hall–Kier alpha value is -4.01.